The summed E-state index contributed by atoms with van der Waals surface area (Å²) in [5.41, 5.74) is 1.54. The van der Waals surface area contributed by atoms with Crippen LogP contribution in [0.5, 0.6) is 0 Å². The predicted molar refractivity (Wildman–Crippen MR) is 120 cm³/mol. The highest BCUT2D eigenvalue weighted by molar-refractivity contribution is 7.89. The minimum Gasteiger partial charge on any atom is -0.351 e. The number of hydrogen-bond acceptors (Lipinski definition) is 5. The van der Waals surface area contributed by atoms with Gasteiger partial charge in [0.2, 0.25) is 15.9 Å². The Balaban J connectivity index is 1.38. The van der Waals surface area contributed by atoms with E-state index in [1.807, 2.05) is 47.4 Å². The average Bonchev–Trinajstić information content (AvgIpc) is 3.04. The van der Waals surface area contributed by atoms with E-state index in [0.29, 0.717) is 44.7 Å². The number of aromatic nitrogens is 1. The van der Waals surface area contributed by atoms with E-state index in [-0.39, 0.29) is 17.3 Å². The van der Waals surface area contributed by atoms with Gasteiger partial charge in [-0.2, -0.15) is 4.31 Å². The molecule has 1 fully saturated rings. The maximum atomic E-state index is 13.3. The number of amides is 1. The van der Waals surface area contributed by atoms with Gasteiger partial charge < -0.3 is 5.32 Å². The van der Waals surface area contributed by atoms with Gasteiger partial charge in [-0.25, -0.2) is 8.42 Å². The molecule has 7 nitrogen and oxygen atoms in total. The first-order valence-electron chi connectivity index (χ1n) is 10.4. The van der Waals surface area contributed by atoms with Gasteiger partial charge in [0.25, 0.3) is 0 Å². The molecule has 0 spiro atoms. The summed E-state index contributed by atoms with van der Waals surface area (Å²) in [5, 5.41) is 3.73. The van der Waals surface area contributed by atoms with Crippen LogP contribution in [0.3, 0.4) is 0 Å². The highest BCUT2D eigenvalue weighted by Gasteiger charge is 2.29. The molecule has 0 unspecified atom stereocenters. The van der Waals surface area contributed by atoms with Crippen LogP contribution in [0.1, 0.15) is 12.0 Å². The first-order chi connectivity index (χ1) is 15.0. The zero-order valence-electron chi connectivity index (χ0n) is 17.3. The third-order valence-electron chi connectivity index (χ3n) is 5.46. The molecule has 1 amide bonds. The molecule has 0 saturated carbocycles. The van der Waals surface area contributed by atoms with E-state index >= 15 is 0 Å². The van der Waals surface area contributed by atoms with Crippen molar-refractivity contribution in [3.63, 3.8) is 0 Å². The Kier molecular flexibility index (Phi) is 6.60. The SMILES string of the molecule is O=C(CN1CCCN(S(=O)(=O)c2cccc3cccnc23)CC1)NCc1ccccc1. The van der Waals surface area contributed by atoms with Crippen molar-refractivity contribution >= 4 is 26.8 Å². The molecule has 4 rings (SSSR count). The van der Waals surface area contributed by atoms with Crippen LogP contribution >= 0.6 is 0 Å². The maximum Gasteiger partial charge on any atom is 0.245 e. The highest BCUT2D eigenvalue weighted by atomic mass is 32.2. The summed E-state index contributed by atoms with van der Waals surface area (Å²) in [6.45, 7) is 2.71. The molecule has 1 N–H and O–H groups in total. The molecule has 2 heterocycles. The van der Waals surface area contributed by atoms with Gasteiger partial charge in [-0.15, -0.1) is 0 Å². The molecule has 162 valence electrons. The summed E-state index contributed by atoms with van der Waals surface area (Å²) in [6.07, 6.45) is 2.28. The number of pyridine rings is 1. The van der Waals surface area contributed by atoms with Crippen LogP contribution < -0.4 is 5.32 Å². The van der Waals surface area contributed by atoms with Gasteiger partial charge >= 0.3 is 0 Å². The molecule has 31 heavy (non-hydrogen) atoms. The van der Waals surface area contributed by atoms with Crippen molar-refractivity contribution in [1.82, 2.24) is 19.5 Å². The van der Waals surface area contributed by atoms with Crippen LogP contribution in [0.25, 0.3) is 10.9 Å². The molecule has 8 heteroatoms. The van der Waals surface area contributed by atoms with Crippen molar-refractivity contribution in [2.45, 2.75) is 17.9 Å². The van der Waals surface area contributed by atoms with E-state index in [4.69, 9.17) is 0 Å². The Morgan fingerprint density at radius 2 is 1.74 bits per heavy atom. The Hall–Kier alpha value is -2.81. The number of nitrogens with one attached hydrogen (secondary N) is 1. The molecule has 0 bridgehead atoms. The maximum absolute atomic E-state index is 13.3. The molecule has 2 aromatic carbocycles. The van der Waals surface area contributed by atoms with E-state index in [1.54, 1.807) is 24.4 Å². The van der Waals surface area contributed by atoms with Crippen LogP contribution in [0.2, 0.25) is 0 Å². The number of sulfonamides is 1. The number of fused-ring (bicyclic) bond motifs is 1. The lowest BCUT2D eigenvalue weighted by Gasteiger charge is -2.22. The van der Waals surface area contributed by atoms with Crippen LogP contribution in [-0.4, -0.2) is 61.2 Å². The van der Waals surface area contributed by atoms with E-state index in [9.17, 15) is 13.2 Å². The van der Waals surface area contributed by atoms with Gasteiger partial charge in [0.1, 0.15) is 4.90 Å². The number of benzene rings is 2. The number of carbonyl (C=O) groups excluding carboxylic acids is 1. The van der Waals surface area contributed by atoms with Gasteiger partial charge in [-0.3, -0.25) is 14.7 Å². The third kappa shape index (κ3) is 5.10. The summed E-state index contributed by atoms with van der Waals surface area (Å²) in [5.74, 6) is -0.0570. The molecular weight excluding hydrogens is 412 g/mol. The van der Waals surface area contributed by atoms with Crippen LogP contribution in [0, 0.1) is 0 Å². The fourth-order valence-corrected chi connectivity index (χ4v) is 5.46. The summed E-state index contributed by atoms with van der Waals surface area (Å²) >= 11 is 0. The van der Waals surface area contributed by atoms with Crippen molar-refractivity contribution in [1.29, 1.82) is 0 Å². The lowest BCUT2D eigenvalue weighted by atomic mass is 10.2. The zero-order valence-corrected chi connectivity index (χ0v) is 18.1. The number of para-hydroxylation sites is 1. The van der Waals surface area contributed by atoms with Gasteiger partial charge in [0, 0.05) is 37.8 Å². The van der Waals surface area contributed by atoms with E-state index < -0.39 is 10.0 Å². The molecule has 0 aliphatic carbocycles. The number of hydrogen-bond donors (Lipinski definition) is 1. The summed E-state index contributed by atoms with van der Waals surface area (Å²) in [4.78, 5) is 18.9. The topological polar surface area (TPSA) is 82.6 Å². The van der Waals surface area contributed by atoms with Crippen LogP contribution in [0.15, 0.2) is 71.8 Å². The smallest absolute Gasteiger partial charge is 0.245 e. The second-order valence-corrected chi connectivity index (χ2v) is 9.53. The largest absolute Gasteiger partial charge is 0.351 e. The van der Waals surface area contributed by atoms with Gasteiger partial charge in [-0.1, -0.05) is 48.5 Å². The Bertz CT molecular complexity index is 1150. The second kappa shape index (κ2) is 9.55. The van der Waals surface area contributed by atoms with Crippen molar-refractivity contribution < 1.29 is 13.2 Å². The standard InChI is InChI=1S/C23H26N4O3S/c28-22(25-17-19-7-2-1-3-8-19)18-26-13-6-14-27(16-15-26)31(29,30)21-11-4-9-20-10-5-12-24-23(20)21/h1-5,7-12H,6,13-18H2,(H,25,28). The first kappa shape index (κ1) is 21.4. The van der Waals surface area contributed by atoms with Crippen molar-refractivity contribution in [2.24, 2.45) is 0 Å². The lowest BCUT2D eigenvalue weighted by Crippen LogP contribution is -2.39. The minimum atomic E-state index is -3.67. The van der Waals surface area contributed by atoms with Crippen molar-refractivity contribution in [3.05, 3.63) is 72.4 Å². The average molecular weight is 439 g/mol. The second-order valence-electron chi connectivity index (χ2n) is 7.63. The van der Waals surface area contributed by atoms with Gasteiger partial charge in [-0.05, 0) is 30.7 Å². The number of carbonyl (C=O) groups is 1. The highest BCUT2D eigenvalue weighted by Crippen LogP contribution is 2.24. The Labute approximate surface area is 182 Å². The van der Waals surface area contributed by atoms with Crippen molar-refractivity contribution in [3.8, 4) is 0 Å². The van der Waals surface area contributed by atoms with Gasteiger partial charge in [0.15, 0.2) is 0 Å². The first-order valence-corrected chi connectivity index (χ1v) is 11.8. The zero-order chi connectivity index (χ0) is 21.7. The Morgan fingerprint density at radius 1 is 0.935 bits per heavy atom. The van der Waals surface area contributed by atoms with E-state index in [0.717, 1.165) is 10.9 Å². The summed E-state index contributed by atoms with van der Waals surface area (Å²) in [7, 11) is -3.67. The van der Waals surface area contributed by atoms with Gasteiger partial charge in [0.05, 0.1) is 12.1 Å². The summed E-state index contributed by atoms with van der Waals surface area (Å²) < 4.78 is 28.2. The van der Waals surface area contributed by atoms with Crippen LogP contribution in [0.4, 0.5) is 0 Å². The minimum absolute atomic E-state index is 0.0570. The molecule has 1 saturated heterocycles. The molecule has 3 aromatic rings. The lowest BCUT2D eigenvalue weighted by molar-refractivity contribution is -0.122. The fourth-order valence-electron chi connectivity index (χ4n) is 3.82. The van der Waals surface area contributed by atoms with E-state index in [2.05, 4.69) is 10.3 Å². The monoisotopic (exact) mass is 438 g/mol. The van der Waals surface area contributed by atoms with Crippen LogP contribution in [-0.2, 0) is 21.4 Å². The van der Waals surface area contributed by atoms with Crippen molar-refractivity contribution in [2.75, 3.05) is 32.7 Å². The fraction of sp³-hybridized carbons (Fsp3) is 0.304. The molecular formula is C23H26N4O3S. The van der Waals surface area contributed by atoms with E-state index in [1.165, 1.54) is 4.31 Å². The summed E-state index contributed by atoms with van der Waals surface area (Å²) in [6, 6.07) is 18.6. The molecule has 1 aliphatic rings. The molecule has 1 aromatic heterocycles. The Morgan fingerprint density at radius 3 is 2.58 bits per heavy atom. The molecule has 1 aliphatic heterocycles. The molecule has 0 atom stereocenters. The molecule has 0 radical (unpaired) electrons. The third-order valence-corrected chi connectivity index (χ3v) is 7.39. The predicted octanol–water partition coefficient (Wildman–Crippen LogP) is 2.25. The normalized spacial score (nSPS) is 16.1. The number of rotatable bonds is 6. The number of nitrogens with zero attached hydrogens (tertiary/aromatic N) is 3. The quantitative estimate of drug-likeness (QED) is 0.638.